The molecule has 0 bridgehead atoms. The minimum atomic E-state index is 0. The molecule has 0 saturated carbocycles. The van der Waals surface area contributed by atoms with Crippen LogP contribution in [0.3, 0.4) is 0 Å². The molecule has 43 heavy (non-hydrogen) atoms. The van der Waals surface area contributed by atoms with Gasteiger partial charge in [0.25, 0.3) is 0 Å². The molecule has 3 heteroatoms. The average Bonchev–Trinajstić information content (AvgIpc) is 3.53. The zero-order valence-corrected chi connectivity index (χ0v) is 32.1. The Balaban J connectivity index is 0.000000356. The summed E-state index contributed by atoms with van der Waals surface area (Å²) in [5, 5.41) is 5.49. The molecular weight excluding hydrogens is 643 g/mol. The van der Waals surface area contributed by atoms with E-state index in [9.17, 15) is 0 Å². The number of hydrogen-bond acceptors (Lipinski definition) is 0. The van der Waals surface area contributed by atoms with Gasteiger partial charge in [-0.3, -0.25) is 6.08 Å². The van der Waals surface area contributed by atoms with E-state index in [2.05, 4.69) is 165 Å². The van der Waals surface area contributed by atoms with E-state index < -0.39 is 0 Å². The predicted molar refractivity (Wildman–Crippen MR) is 180 cm³/mol. The molecule has 0 heterocycles. The molecule has 0 saturated heterocycles. The molecule has 4 aromatic carbocycles. The van der Waals surface area contributed by atoms with Gasteiger partial charge in [-0.05, 0) is 10.8 Å². The van der Waals surface area contributed by atoms with Crippen molar-refractivity contribution in [2.75, 3.05) is 0 Å². The standard InChI is InChI=1S/C21H25.C11H17.C8H8.2ClH.Zr/c1-20(2,3)16-9-7-14-11-15-8-10-17(21(4,5)6)13-19(15)18(14)12-16;1-5-9-6-7-10(8-9)11(2,3)4;1-7-3-5-8(2)6-4-7;;;/h7-13H,1-6H3;7-9H,5H2,1-4H3;1,3-6H,2H3;2*1H;/q2*-1;;;;+2/p-2. The molecule has 1 aliphatic rings. The predicted octanol–water partition coefficient (Wildman–Crippen LogP) is 5.37. The summed E-state index contributed by atoms with van der Waals surface area (Å²) in [5.41, 5.74) is 7.60. The Morgan fingerprint density at radius 2 is 1.19 bits per heavy atom. The van der Waals surface area contributed by atoms with Gasteiger partial charge < -0.3 is 24.8 Å². The van der Waals surface area contributed by atoms with Crippen LogP contribution in [0.1, 0.15) is 97.9 Å². The van der Waals surface area contributed by atoms with E-state index in [1.165, 1.54) is 80.0 Å². The monoisotopic (exact) mass is 690 g/mol. The number of rotatable bonds is 2. The first kappa shape index (κ1) is 39.4. The topological polar surface area (TPSA) is 0 Å². The fourth-order valence-electron chi connectivity index (χ4n) is 4.81. The van der Waals surface area contributed by atoms with Crippen LogP contribution in [-0.4, -0.2) is 3.71 Å². The fraction of sp³-hybridized carbons (Fsp3) is 0.400. The molecule has 4 aromatic rings. The minimum absolute atomic E-state index is 0. The number of fused-ring (bicyclic) bond motifs is 3. The summed E-state index contributed by atoms with van der Waals surface area (Å²) in [6.07, 6.45) is 9.00. The van der Waals surface area contributed by atoms with E-state index in [0.29, 0.717) is 11.3 Å². The number of aryl methyl sites for hydroxylation is 1. The summed E-state index contributed by atoms with van der Waals surface area (Å²) >= 11 is 1.47. The van der Waals surface area contributed by atoms with E-state index in [0.717, 1.165) is 0 Å². The molecule has 0 radical (unpaired) electrons. The molecule has 5 rings (SSSR count). The molecule has 0 N–H and O–H groups in total. The van der Waals surface area contributed by atoms with Crippen molar-refractivity contribution in [1.82, 2.24) is 0 Å². The van der Waals surface area contributed by atoms with Gasteiger partial charge in [0.15, 0.2) is 0 Å². The van der Waals surface area contributed by atoms with E-state index in [-0.39, 0.29) is 35.6 Å². The normalized spacial score (nSPS) is 14.5. The first-order chi connectivity index (χ1) is 19.0. The molecule has 0 fully saturated rings. The van der Waals surface area contributed by atoms with Crippen molar-refractivity contribution >= 4 is 25.3 Å². The molecule has 0 aromatic heterocycles. The maximum Gasteiger partial charge on any atom is -1.00 e. The third-order valence-corrected chi connectivity index (χ3v) is 8.64. The van der Waals surface area contributed by atoms with Gasteiger partial charge in [0.05, 0.1) is 0 Å². The minimum Gasteiger partial charge on any atom is -1.00 e. The zero-order valence-electron chi connectivity index (χ0n) is 28.1. The number of benzene rings is 3. The molecule has 1 atom stereocenters. The maximum atomic E-state index is 3.35. The van der Waals surface area contributed by atoms with Gasteiger partial charge in [0.1, 0.15) is 0 Å². The van der Waals surface area contributed by atoms with Gasteiger partial charge in [0, 0.05) is 0 Å². The Morgan fingerprint density at radius 3 is 1.51 bits per heavy atom. The Hall–Kier alpha value is -1.66. The summed E-state index contributed by atoms with van der Waals surface area (Å²) in [5.74, 6) is 0.573. The van der Waals surface area contributed by atoms with E-state index in [1.807, 2.05) is 0 Å². The second kappa shape index (κ2) is 16.1. The van der Waals surface area contributed by atoms with Crippen molar-refractivity contribution in [1.29, 1.82) is 0 Å². The van der Waals surface area contributed by atoms with Crippen LogP contribution >= 0.6 is 0 Å². The smallest absolute Gasteiger partial charge is 1.00 e. The Labute approximate surface area is 290 Å². The van der Waals surface area contributed by atoms with Gasteiger partial charge in [0.2, 0.25) is 0 Å². The van der Waals surface area contributed by atoms with Crippen molar-refractivity contribution in [3.05, 3.63) is 113 Å². The molecule has 0 nitrogen and oxygen atoms in total. The molecular formula is C40H50Cl2Zr-2. The maximum absolute atomic E-state index is 3.35. The molecule has 0 aliphatic heterocycles. The van der Waals surface area contributed by atoms with E-state index in [1.54, 1.807) is 0 Å². The molecule has 0 spiro atoms. The quantitative estimate of drug-likeness (QED) is 0.248. The van der Waals surface area contributed by atoms with Crippen LogP contribution in [0.2, 0.25) is 0 Å². The molecule has 0 amide bonds. The first-order valence-corrected chi connectivity index (χ1v) is 16.5. The zero-order chi connectivity index (χ0) is 30.6. The van der Waals surface area contributed by atoms with Crippen LogP contribution in [0.25, 0.3) is 21.5 Å². The van der Waals surface area contributed by atoms with Gasteiger partial charge in [-0.2, -0.15) is 11.6 Å². The first-order valence-electron chi connectivity index (χ1n) is 15.1. The van der Waals surface area contributed by atoms with E-state index in [4.69, 9.17) is 0 Å². The molecule has 1 unspecified atom stereocenters. The summed E-state index contributed by atoms with van der Waals surface area (Å²) in [4.78, 5) is 0. The second-order valence-corrected chi connectivity index (χ2v) is 15.2. The van der Waals surface area contributed by atoms with Crippen molar-refractivity contribution in [2.45, 2.75) is 93.4 Å². The summed E-state index contributed by atoms with van der Waals surface area (Å²) < 4.78 is 2.19. The SMILES string of the molecule is CC(C)(C)c1ccc2[cH-]c3ccc(C(C)(C)C)cc3c2c1.CCC1[C-]=CC(C(C)(C)C)=C1.Cc1ccc([CH]=[Zr+2])cc1.[Cl-].[Cl-]. The van der Waals surface area contributed by atoms with Crippen molar-refractivity contribution in [3.63, 3.8) is 0 Å². The second-order valence-electron chi connectivity index (χ2n) is 14.5. The van der Waals surface area contributed by atoms with E-state index >= 15 is 0 Å². The largest absolute Gasteiger partial charge is 1.00 e. The van der Waals surface area contributed by atoms with Crippen molar-refractivity contribution in [3.8, 4) is 0 Å². The van der Waals surface area contributed by atoms with Gasteiger partial charge >= 0.3 is 70.3 Å². The Kier molecular flexibility index (Phi) is 14.7. The number of hydrogen-bond donors (Lipinski definition) is 0. The fourth-order valence-corrected chi connectivity index (χ4v) is 5.28. The van der Waals surface area contributed by atoms with Crippen molar-refractivity contribution in [2.24, 2.45) is 11.3 Å². The van der Waals surface area contributed by atoms with Gasteiger partial charge in [-0.15, -0.1) is 39.7 Å². The third-order valence-electron chi connectivity index (χ3n) is 7.82. The summed E-state index contributed by atoms with van der Waals surface area (Å²) in [7, 11) is 0. The summed E-state index contributed by atoms with van der Waals surface area (Å²) in [6.45, 7) is 24.7. The summed E-state index contributed by atoms with van der Waals surface area (Å²) in [6, 6.07) is 24.7. The average molecular weight is 693 g/mol. The number of allylic oxidation sites excluding steroid dienone is 4. The van der Waals surface area contributed by atoms with Crippen LogP contribution in [-0.2, 0) is 35.1 Å². The third kappa shape index (κ3) is 11.0. The van der Waals surface area contributed by atoms with Crippen LogP contribution in [0.15, 0.2) is 84.5 Å². The van der Waals surface area contributed by atoms with Gasteiger partial charge in [-0.25, -0.2) is 6.08 Å². The van der Waals surface area contributed by atoms with Crippen LogP contribution in [0.5, 0.6) is 0 Å². The van der Waals surface area contributed by atoms with Crippen LogP contribution in [0, 0.1) is 24.3 Å². The Bertz CT molecular complexity index is 1460. The molecule has 1 aliphatic carbocycles. The van der Waals surface area contributed by atoms with Crippen molar-refractivity contribution < 1.29 is 49.0 Å². The van der Waals surface area contributed by atoms with Crippen LogP contribution in [0.4, 0.5) is 0 Å². The number of halogens is 2. The van der Waals surface area contributed by atoms with Gasteiger partial charge in [-0.1, -0.05) is 122 Å². The Morgan fingerprint density at radius 1 is 0.721 bits per heavy atom. The van der Waals surface area contributed by atoms with Crippen LogP contribution < -0.4 is 24.8 Å². The molecule has 230 valence electrons.